The van der Waals surface area contributed by atoms with Crippen LogP contribution in [0.15, 0.2) is 22.7 Å². The fourth-order valence-corrected chi connectivity index (χ4v) is 2.08. The molecule has 2 aromatic rings. The first kappa shape index (κ1) is 15.9. The number of benzene rings is 1. The van der Waals surface area contributed by atoms with Crippen LogP contribution in [0.3, 0.4) is 0 Å². The van der Waals surface area contributed by atoms with Gasteiger partial charge >= 0.3 is 6.03 Å². The zero-order valence-corrected chi connectivity index (χ0v) is 12.8. The molecule has 22 heavy (non-hydrogen) atoms. The standard InChI is InChI=1S/C15H17F2N3O2/c1-8-14(10(3)22-19-8)18-15(21)20(4)9(2)12-7-11(16)5-6-13(12)17/h5-7,9H,1-4H3,(H,18,21). The van der Waals surface area contributed by atoms with E-state index in [0.717, 1.165) is 18.2 Å². The molecule has 1 aromatic heterocycles. The Morgan fingerprint density at radius 1 is 1.36 bits per heavy atom. The number of halogens is 2. The Bertz CT molecular complexity index is 681. The van der Waals surface area contributed by atoms with Gasteiger partial charge in [-0.15, -0.1) is 0 Å². The van der Waals surface area contributed by atoms with Gasteiger partial charge in [0, 0.05) is 12.6 Å². The monoisotopic (exact) mass is 309 g/mol. The minimum absolute atomic E-state index is 0.108. The maximum Gasteiger partial charge on any atom is 0.322 e. The van der Waals surface area contributed by atoms with E-state index in [4.69, 9.17) is 4.52 Å². The molecule has 118 valence electrons. The highest BCUT2D eigenvalue weighted by molar-refractivity contribution is 5.90. The number of amides is 2. The van der Waals surface area contributed by atoms with Gasteiger partial charge in [0.1, 0.15) is 23.0 Å². The van der Waals surface area contributed by atoms with E-state index >= 15 is 0 Å². The molecule has 7 heteroatoms. The molecule has 1 N–H and O–H groups in total. The molecule has 0 aliphatic heterocycles. The second-order valence-electron chi connectivity index (χ2n) is 5.08. The lowest BCUT2D eigenvalue weighted by molar-refractivity contribution is 0.207. The molecule has 0 aliphatic rings. The summed E-state index contributed by atoms with van der Waals surface area (Å²) in [6.07, 6.45) is 0. The number of anilines is 1. The fourth-order valence-electron chi connectivity index (χ4n) is 2.08. The molecule has 1 aromatic carbocycles. The molecule has 0 aliphatic carbocycles. The zero-order chi connectivity index (χ0) is 16.4. The number of hydrogen-bond donors (Lipinski definition) is 1. The van der Waals surface area contributed by atoms with Crippen molar-refractivity contribution < 1.29 is 18.1 Å². The third-order valence-electron chi connectivity index (χ3n) is 3.57. The van der Waals surface area contributed by atoms with E-state index in [0.29, 0.717) is 17.1 Å². The highest BCUT2D eigenvalue weighted by Crippen LogP contribution is 2.25. The van der Waals surface area contributed by atoms with E-state index in [1.54, 1.807) is 20.8 Å². The van der Waals surface area contributed by atoms with Gasteiger partial charge < -0.3 is 14.7 Å². The molecule has 2 rings (SSSR count). The Morgan fingerprint density at radius 2 is 2.05 bits per heavy atom. The van der Waals surface area contributed by atoms with Crippen molar-refractivity contribution in [2.45, 2.75) is 26.8 Å². The molecule has 0 radical (unpaired) electrons. The van der Waals surface area contributed by atoms with Crippen molar-refractivity contribution in [2.75, 3.05) is 12.4 Å². The summed E-state index contributed by atoms with van der Waals surface area (Å²) in [6, 6.07) is 2.05. The predicted octanol–water partition coefficient (Wildman–Crippen LogP) is 3.79. The summed E-state index contributed by atoms with van der Waals surface area (Å²) in [5.41, 5.74) is 1.13. The second-order valence-corrected chi connectivity index (χ2v) is 5.08. The third-order valence-corrected chi connectivity index (χ3v) is 3.57. The Balaban J connectivity index is 2.18. The van der Waals surface area contributed by atoms with E-state index < -0.39 is 23.7 Å². The first-order valence-electron chi connectivity index (χ1n) is 6.73. The molecule has 1 unspecified atom stereocenters. The molecular weight excluding hydrogens is 292 g/mol. The van der Waals surface area contributed by atoms with Gasteiger partial charge in [-0.2, -0.15) is 0 Å². The fraction of sp³-hybridized carbons (Fsp3) is 0.333. The van der Waals surface area contributed by atoms with E-state index in [1.807, 2.05) is 0 Å². The number of carbonyl (C=O) groups is 1. The third kappa shape index (κ3) is 3.08. The lowest BCUT2D eigenvalue weighted by Gasteiger charge is -2.25. The van der Waals surface area contributed by atoms with Crippen molar-refractivity contribution in [1.29, 1.82) is 0 Å². The average molecular weight is 309 g/mol. The minimum atomic E-state index is -0.642. The lowest BCUT2D eigenvalue weighted by atomic mass is 10.1. The summed E-state index contributed by atoms with van der Waals surface area (Å²) < 4.78 is 32.0. The Hall–Kier alpha value is -2.44. The molecule has 0 bridgehead atoms. The van der Waals surface area contributed by atoms with Crippen molar-refractivity contribution >= 4 is 11.7 Å². The number of hydrogen-bond acceptors (Lipinski definition) is 3. The topological polar surface area (TPSA) is 58.4 Å². The normalized spacial score (nSPS) is 12.1. The molecule has 0 saturated carbocycles. The number of carbonyl (C=O) groups excluding carboxylic acids is 1. The van der Waals surface area contributed by atoms with Crippen molar-refractivity contribution in [3.05, 3.63) is 46.9 Å². The van der Waals surface area contributed by atoms with Crippen LogP contribution in [0.1, 0.15) is 30.0 Å². The molecule has 1 heterocycles. The quantitative estimate of drug-likeness (QED) is 0.938. The number of aromatic nitrogens is 1. The number of aryl methyl sites for hydroxylation is 2. The van der Waals surface area contributed by atoms with Crippen LogP contribution in [0.25, 0.3) is 0 Å². The second kappa shape index (κ2) is 6.13. The smallest absolute Gasteiger partial charge is 0.322 e. The molecule has 5 nitrogen and oxygen atoms in total. The van der Waals surface area contributed by atoms with Crippen LogP contribution in [0.5, 0.6) is 0 Å². The highest BCUT2D eigenvalue weighted by atomic mass is 19.1. The minimum Gasteiger partial charge on any atom is -0.359 e. The molecule has 0 fully saturated rings. The lowest BCUT2D eigenvalue weighted by Crippen LogP contribution is -2.34. The van der Waals surface area contributed by atoms with Gasteiger partial charge in [-0.25, -0.2) is 13.6 Å². The number of urea groups is 1. The van der Waals surface area contributed by atoms with E-state index in [2.05, 4.69) is 10.5 Å². The van der Waals surface area contributed by atoms with Crippen molar-refractivity contribution in [2.24, 2.45) is 0 Å². The maximum absolute atomic E-state index is 13.8. The Morgan fingerprint density at radius 3 is 2.64 bits per heavy atom. The van der Waals surface area contributed by atoms with Gasteiger partial charge in [-0.1, -0.05) is 5.16 Å². The predicted molar refractivity (Wildman–Crippen MR) is 77.5 cm³/mol. The molecular formula is C15H17F2N3O2. The number of nitrogens with zero attached hydrogens (tertiary/aromatic N) is 2. The summed E-state index contributed by atoms with van der Waals surface area (Å²) in [5.74, 6) is -0.641. The highest BCUT2D eigenvalue weighted by Gasteiger charge is 2.22. The molecule has 2 amide bonds. The largest absolute Gasteiger partial charge is 0.359 e. The van der Waals surface area contributed by atoms with Gasteiger partial charge in [-0.05, 0) is 39.0 Å². The van der Waals surface area contributed by atoms with Crippen molar-refractivity contribution in [3.63, 3.8) is 0 Å². The van der Waals surface area contributed by atoms with Gasteiger partial charge in [0.05, 0.1) is 6.04 Å². The first-order chi connectivity index (χ1) is 10.3. The van der Waals surface area contributed by atoms with Crippen LogP contribution in [0, 0.1) is 25.5 Å². The summed E-state index contributed by atoms with van der Waals surface area (Å²) >= 11 is 0. The van der Waals surface area contributed by atoms with Crippen molar-refractivity contribution in [3.8, 4) is 0 Å². The van der Waals surface area contributed by atoms with E-state index in [1.165, 1.54) is 11.9 Å². The maximum atomic E-state index is 13.8. The van der Waals surface area contributed by atoms with E-state index in [-0.39, 0.29) is 5.56 Å². The zero-order valence-electron chi connectivity index (χ0n) is 12.8. The number of rotatable bonds is 3. The molecule has 0 saturated heterocycles. The first-order valence-corrected chi connectivity index (χ1v) is 6.73. The van der Waals surface area contributed by atoms with Gasteiger partial charge in [-0.3, -0.25) is 0 Å². The van der Waals surface area contributed by atoms with Crippen LogP contribution >= 0.6 is 0 Å². The van der Waals surface area contributed by atoms with Crippen molar-refractivity contribution in [1.82, 2.24) is 10.1 Å². The van der Waals surface area contributed by atoms with Crippen LogP contribution in [0.2, 0.25) is 0 Å². The molecule has 0 spiro atoms. The van der Waals surface area contributed by atoms with Crippen LogP contribution < -0.4 is 5.32 Å². The van der Waals surface area contributed by atoms with Gasteiger partial charge in [0.25, 0.3) is 0 Å². The summed E-state index contributed by atoms with van der Waals surface area (Å²) in [4.78, 5) is 13.5. The van der Waals surface area contributed by atoms with Gasteiger partial charge in [0.2, 0.25) is 0 Å². The summed E-state index contributed by atoms with van der Waals surface area (Å²) in [6.45, 7) is 4.98. The summed E-state index contributed by atoms with van der Waals surface area (Å²) in [5, 5.41) is 6.40. The molecule has 1 atom stereocenters. The van der Waals surface area contributed by atoms with Crippen LogP contribution in [0.4, 0.5) is 19.3 Å². The average Bonchev–Trinajstić information content (AvgIpc) is 2.80. The Labute approximate surface area is 126 Å². The number of nitrogens with one attached hydrogen (secondary N) is 1. The SMILES string of the molecule is Cc1noc(C)c1NC(=O)N(C)C(C)c1cc(F)ccc1F. The van der Waals surface area contributed by atoms with E-state index in [9.17, 15) is 13.6 Å². The van der Waals surface area contributed by atoms with Crippen LogP contribution in [-0.4, -0.2) is 23.1 Å². The Kier molecular flexibility index (Phi) is 4.44. The summed E-state index contributed by atoms with van der Waals surface area (Å²) in [7, 11) is 1.50. The van der Waals surface area contributed by atoms with Gasteiger partial charge in [0.15, 0.2) is 5.76 Å². The van der Waals surface area contributed by atoms with Crippen LogP contribution in [-0.2, 0) is 0 Å².